The molecule has 20 heavy (non-hydrogen) atoms. The van der Waals surface area contributed by atoms with Gasteiger partial charge >= 0.3 is 0 Å². The van der Waals surface area contributed by atoms with Crippen LogP contribution in [-0.4, -0.2) is 5.11 Å². The van der Waals surface area contributed by atoms with Crippen LogP contribution < -0.4 is 0 Å². The highest BCUT2D eigenvalue weighted by Gasteiger charge is 2.15. The standard InChI is InChI=1S/C16H12ClIOS/c17-11-5-6-14(18)13(8-11)15(19)7-10-9-20-16-4-2-1-3-12(10)16/h1-6,8-9,15,19H,7H2. The molecule has 102 valence electrons. The number of aliphatic hydroxyl groups is 1. The van der Waals surface area contributed by atoms with Gasteiger partial charge in [0.2, 0.25) is 0 Å². The van der Waals surface area contributed by atoms with Crippen molar-refractivity contribution in [1.29, 1.82) is 0 Å². The zero-order valence-electron chi connectivity index (χ0n) is 10.5. The van der Waals surface area contributed by atoms with Crippen LogP contribution in [0.1, 0.15) is 17.2 Å². The number of thiophene rings is 1. The highest BCUT2D eigenvalue weighted by atomic mass is 127. The quantitative estimate of drug-likeness (QED) is 0.566. The van der Waals surface area contributed by atoms with Gasteiger partial charge in [0.15, 0.2) is 0 Å². The molecule has 3 rings (SSSR count). The number of fused-ring (bicyclic) bond motifs is 1. The average molecular weight is 415 g/mol. The Morgan fingerprint density at radius 2 is 2.00 bits per heavy atom. The fourth-order valence-electron chi connectivity index (χ4n) is 2.28. The number of aliphatic hydroxyl groups excluding tert-OH is 1. The van der Waals surface area contributed by atoms with Gasteiger partial charge in [-0.15, -0.1) is 11.3 Å². The summed E-state index contributed by atoms with van der Waals surface area (Å²) in [6, 6.07) is 13.9. The van der Waals surface area contributed by atoms with Crippen LogP contribution in [0.2, 0.25) is 5.02 Å². The third kappa shape index (κ3) is 2.86. The van der Waals surface area contributed by atoms with Crippen molar-refractivity contribution in [3.8, 4) is 0 Å². The summed E-state index contributed by atoms with van der Waals surface area (Å²) in [4.78, 5) is 0. The van der Waals surface area contributed by atoms with Crippen molar-refractivity contribution in [3.63, 3.8) is 0 Å². The monoisotopic (exact) mass is 414 g/mol. The molecule has 0 spiro atoms. The number of benzene rings is 2. The molecule has 0 radical (unpaired) electrons. The van der Waals surface area contributed by atoms with Crippen LogP contribution in [0.5, 0.6) is 0 Å². The maximum absolute atomic E-state index is 10.5. The molecule has 0 amide bonds. The molecule has 0 aliphatic rings. The SMILES string of the molecule is OC(Cc1csc2ccccc12)c1cc(Cl)ccc1I. The van der Waals surface area contributed by atoms with Crippen molar-refractivity contribution >= 4 is 55.6 Å². The largest absolute Gasteiger partial charge is 0.388 e. The Morgan fingerprint density at radius 3 is 2.85 bits per heavy atom. The highest BCUT2D eigenvalue weighted by molar-refractivity contribution is 14.1. The Labute approximate surface area is 140 Å². The molecular formula is C16H12ClIOS. The van der Waals surface area contributed by atoms with Gasteiger partial charge in [0.1, 0.15) is 0 Å². The Hall–Kier alpha value is -0.620. The van der Waals surface area contributed by atoms with E-state index in [0.717, 1.165) is 9.13 Å². The first-order chi connectivity index (χ1) is 9.65. The summed E-state index contributed by atoms with van der Waals surface area (Å²) in [5.41, 5.74) is 2.09. The molecule has 2 aromatic carbocycles. The van der Waals surface area contributed by atoms with Crippen molar-refractivity contribution in [2.45, 2.75) is 12.5 Å². The van der Waals surface area contributed by atoms with Gasteiger partial charge in [0.05, 0.1) is 6.10 Å². The summed E-state index contributed by atoms with van der Waals surface area (Å²) in [6.07, 6.45) is 0.0824. The molecule has 0 aliphatic carbocycles. The first-order valence-corrected chi connectivity index (χ1v) is 8.57. The lowest BCUT2D eigenvalue weighted by Crippen LogP contribution is -2.03. The van der Waals surface area contributed by atoms with Crippen molar-refractivity contribution in [2.24, 2.45) is 0 Å². The maximum atomic E-state index is 10.5. The second-order valence-corrected chi connectivity index (χ2v) is 7.15. The van der Waals surface area contributed by atoms with Crippen LogP contribution in [0.4, 0.5) is 0 Å². The number of rotatable bonds is 3. The van der Waals surface area contributed by atoms with Crippen molar-refractivity contribution in [1.82, 2.24) is 0 Å². The minimum absolute atomic E-state index is 0.529. The lowest BCUT2D eigenvalue weighted by Gasteiger charge is -2.13. The van der Waals surface area contributed by atoms with E-state index >= 15 is 0 Å². The zero-order valence-corrected chi connectivity index (χ0v) is 14.2. The normalized spacial score (nSPS) is 12.8. The molecule has 0 fully saturated rings. The topological polar surface area (TPSA) is 20.2 Å². The van der Waals surface area contributed by atoms with Gasteiger partial charge in [-0.25, -0.2) is 0 Å². The van der Waals surface area contributed by atoms with E-state index in [1.54, 1.807) is 11.3 Å². The van der Waals surface area contributed by atoms with Crippen LogP contribution in [0.3, 0.4) is 0 Å². The molecule has 1 atom stereocenters. The zero-order chi connectivity index (χ0) is 14.1. The molecule has 0 aliphatic heterocycles. The van der Waals surface area contributed by atoms with Crippen molar-refractivity contribution < 1.29 is 5.11 Å². The van der Waals surface area contributed by atoms with Crippen LogP contribution in [-0.2, 0) is 6.42 Å². The second kappa shape index (κ2) is 6.02. The second-order valence-electron chi connectivity index (χ2n) is 4.64. The molecule has 1 N–H and O–H groups in total. The maximum Gasteiger partial charge on any atom is 0.0841 e. The number of halogens is 2. The molecule has 3 aromatic rings. The van der Waals surface area contributed by atoms with Gasteiger partial charge in [-0.1, -0.05) is 29.8 Å². The number of hydrogen-bond acceptors (Lipinski definition) is 2. The van der Waals surface area contributed by atoms with Gasteiger partial charge in [-0.2, -0.15) is 0 Å². The molecule has 1 nitrogen and oxygen atoms in total. The van der Waals surface area contributed by atoms with E-state index in [4.69, 9.17) is 11.6 Å². The molecule has 0 saturated carbocycles. The lowest BCUT2D eigenvalue weighted by atomic mass is 10.0. The molecule has 4 heteroatoms. The Morgan fingerprint density at radius 1 is 1.20 bits per heavy atom. The van der Waals surface area contributed by atoms with Gasteiger partial charge < -0.3 is 5.11 Å². The van der Waals surface area contributed by atoms with Gasteiger partial charge in [0, 0.05) is 19.7 Å². The molecular weight excluding hydrogens is 403 g/mol. The molecule has 0 bridgehead atoms. The Balaban J connectivity index is 1.92. The lowest BCUT2D eigenvalue weighted by molar-refractivity contribution is 0.178. The van der Waals surface area contributed by atoms with E-state index in [1.807, 2.05) is 30.3 Å². The summed E-state index contributed by atoms with van der Waals surface area (Å²) >= 11 is 9.98. The summed E-state index contributed by atoms with van der Waals surface area (Å²) < 4.78 is 2.30. The van der Waals surface area contributed by atoms with Gasteiger partial charge in [-0.3, -0.25) is 0 Å². The minimum Gasteiger partial charge on any atom is -0.388 e. The third-order valence-electron chi connectivity index (χ3n) is 3.29. The summed E-state index contributed by atoms with van der Waals surface area (Å²) in [6.45, 7) is 0. The number of hydrogen-bond donors (Lipinski definition) is 1. The average Bonchev–Trinajstić information content (AvgIpc) is 2.85. The predicted molar refractivity (Wildman–Crippen MR) is 94.7 cm³/mol. The fraction of sp³-hybridized carbons (Fsp3) is 0.125. The predicted octanol–water partition coefficient (Wildman–Crippen LogP) is 5.44. The van der Waals surface area contributed by atoms with E-state index < -0.39 is 6.10 Å². The first kappa shape index (κ1) is 14.3. The third-order valence-corrected chi connectivity index (χ3v) is 5.52. The fourth-order valence-corrected chi connectivity index (χ4v) is 4.13. The summed E-state index contributed by atoms with van der Waals surface area (Å²) in [7, 11) is 0. The van der Waals surface area contributed by atoms with Crippen molar-refractivity contribution in [2.75, 3.05) is 0 Å². The molecule has 1 heterocycles. The van der Waals surface area contributed by atoms with E-state index in [0.29, 0.717) is 11.4 Å². The van der Waals surface area contributed by atoms with Crippen LogP contribution in [0, 0.1) is 3.57 Å². The Kier molecular flexibility index (Phi) is 4.31. The van der Waals surface area contributed by atoms with Crippen LogP contribution in [0.25, 0.3) is 10.1 Å². The van der Waals surface area contributed by atoms with E-state index in [9.17, 15) is 5.11 Å². The van der Waals surface area contributed by atoms with Gasteiger partial charge in [-0.05, 0) is 68.7 Å². The van der Waals surface area contributed by atoms with E-state index in [1.165, 1.54) is 15.6 Å². The minimum atomic E-state index is -0.529. The van der Waals surface area contributed by atoms with Crippen molar-refractivity contribution in [3.05, 3.63) is 67.6 Å². The summed E-state index contributed by atoms with van der Waals surface area (Å²) in [5.74, 6) is 0. The van der Waals surface area contributed by atoms with E-state index in [2.05, 4.69) is 40.1 Å². The van der Waals surface area contributed by atoms with Crippen LogP contribution in [0.15, 0.2) is 47.8 Å². The molecule has 0 saturated heterocycles. The van der Waals surface area contributed by atoms with E-state index in [-0.39, 0.29) is 0 Å². The smallest absolute Gasteiger partial charge is 0.0841 e. The highest BCUT2D eigenvalue weighted by Crippen LogP contribution is 2.31. The molecule has 1 unspecified atom stereocenters. The van der Waals surface area contributed by atoms with Gasteiger partial charge in [0.25, 0.3) is 0 Å². The first-order valence-electron chi connectivity index (χ1n) is 6.23. The summed E-state index contributed by atoms with van der Waals surface area (Å²) in [5, 5.41) is 14.5. The molecule has 1 aromatic heterocycles. The Bertz CT molecular complexity index is 753. The van der Waals surface area contributed by atoms with Crippen LogP contribution >= 0.6 is 45.5 Å².